The largest absolute Gasteiger partial charge is 0.277 e. The summed E-state index contributed by atoms with van der Waals surface area (Å²) in [4.78, 5) is 12.7. The Balaban J connectivity index is 2.39. The third-order valence-electron chi connectivity index (χ3n) is 3.35. The van der Waals surface area contributed by atoms with Gasteiger partial charge in [0.05, 0.1) is 23.1 Å². The van der Waals surface area contributed by atoms with Crippen LogP contribution in [0.15, 0.2) is 34.7 Å². The van der Waals surface area contributed by atoms with E-state index in [9.17, 15) is 13.9 Å². The minimum atomic E-state index is -3.31. The number of carbonyl (C=O) groups is 1. The number of hydrogen-bond donors (Lipinski definition) is 2. The number of carbonyl (C=O) groups excluding carboxylic acids is 1. The second-order valence-corrected chi connectivity index (χ2v) is 6.98. The number of aryl methyl sites for hydroxylation is 1. The number of rotatable bonds is 4. The molecule has 0 unspecified atom stereocenters. The molecule has 0 radical (unpaired) electrons. The van der Waals surface area contributed by atoms with E-state index in [0.717, 1.165) is 22.7 Å². The summed E-state index contributed by atoms with van der Waals surface area (Å²) in [5.74, 6) is -0.395. The molecule has 1 aliphatic heterocycles. The summed E-state index contributed by atoms with van der Waals surface area (Å²) in [7, 11) is -3.31. The Hall–Kier alpha value is -1.81. The van der Waals surface area contributed by atoms with Crippen LogP contribution in [0.3, 0.4) is 0 Å². The maximum atomic E-state index is 12.4. The van der Waals surface area contributed by atoms with Gasteiger partial charge in [0.15, 0.2) is 0 Å². The first kappa shape index (κ1) is 15.6. The van der Waals surface area contributed by atoms with E-state index in [0.29, 0.717) is 11.1 Å². The van der Waals surface area contributed by atoms with Crippen molar-refractivity contribution in [1.29, 1.82) is 5.26 Å². The van der Waals surface area contributed by atoms with Crippen LogP contribution in [-0.4, -0.2) is 25.9 Å². The first-order chi connectivity index (χ1) is 9.91. The minimum absolute atomic E-state index is 0.0342. The number of nitrogens with zero attached hydrogens (tertiary/aromatic N) is 2. The Labute approximate surface area is 126 Å². The normalized spacial score (nSPS) is 18.3. The van der Waals surface area contributed by atoms with E-state index >= 15 is 0 Å². The smallest absolute Gasteiger partial charge is 0.274 e. The number of fused-ring (bicyclic) bond motifs is 1. The zero-order valence-electron chi connectivity index (χ0n) is 12.0. The van der Waals surface area contributed by atoms with Crippen LogP contribution in [0.25, 0.3) is 0 Å². The molecule has 5 nitrogen and oxygen atoms in total. The molecule has 0 saturated heterocycles. The molecule has 2 rings (SSSR count). The van der Waals surface area contributed by atoms with Crippen molar-refractivity contribution >= 4 is 16.7 Å². The molecule has 1 amide bonds. The molecule has 2 N–H and O–H groups in total. The Morgan fingerprint density at radius 3 is 2.81 bits per heavy atom. The predicted octanol–water partition coefficient (Wildman–Crippen LogP) is 3.59. The van der Waals surface area contributed by atoms with Gasteiger partial charge in [-0.3, -0.25) is 13.9 Å². The molecule has 0 bridgehead atoms. The Bertz CT molecular complexity index is 647. The van der Waals surface area contributed by atoms with Gasteiger partial charge in [-0.05, 0) is 36.6 Å². The van der Waals surface area contributed by atoms with Crippen molar-refractivity contribution in [2.75, 3.05) is 6.54 Å². The maximum Gasteiger partial charge on any atom is 0.274 e. The van der Waals surface area contributed by atoms with E-state index < -0.39 is 16.7 Å². The number of hydrogen-bond acceptors (Lipinski definition) is 4. The molecule has 0 aromatic heterocycles. The molecule has 21 heavy (non-hydrogen) atoms. The zero-order valence-corrected chi connectivity index (χ0v) is 12.9. The third kappa shape index (κ3) is 2.81. The molecule has 0 fully saturated rings. The number of nitriles is 1. The first-order valence-corrected chi connectivity index (χ1v) is 8.20. The lowest BCUT2D eigenvalue weighted by atomic mass is 10.1. The summed E-state index contributed by atoms with van der Waals surface area (Å²) in [5, 5.41) is 8.63. The standard InChI is InChI=1S/C15H18N2O3S/c1-3-4-12-5-6-14-13(9-12)15(18)17(21(14,19)20)10-11(2)7-8-16/h5-7,9,19-20H,3-4,10H2,1-2H3. The van der Waals surface area contributed by atoms with Crippen molar-refractivity contribution in [3.05, 3.63) is 41.0 Å². The van der Waals surface area contributed by atoms with Crippen LogP contribution in [0.5, 0.6) is 0 Å². The molecular formula is C15H18N2O3S. The van der Waals surface area contributed by atoms with Crippen LogP contribution in [0.1, 0.15) is 36.2 Å². The molecule has 0 aliphatic carbocycles. The van der Waals surface area contributed by atoms with Crippen molar-refractivity contribution in [3.8, 4) is 6.07 Å². The highest BCUT2D eigenvalue weighted by Crippen LogP contribution is 2.58. The first-order valence-electron chi connectivity index (χ1n) is 6.70. The van der Waals surface area contributed by atoms with Crippen molar-refractivity contribution in [2.45, 2.75) is 31.6 Å². The second kappa shape index (κ2) is 5.90. The SMILES string of the molecule is CCCc1ccc2c(c1)C(=O)N(CC(C)=CC#N)S2(O)O. The van der Waals surface area contributed by atoms with Gasteiger partial charge in [0, 0.05) is 6.08 Å². The van der Waals surface area contributed by atoms with E-state index in [2.05, 4.69) is 0 Å². The third-order valence-corrected chi connectivity index (χ3v) is 5.20. The summed E-state index contributed by atoms with van der Waals surface area (Å²) in [6.45, 7) is 3.76. The summed E-state index contributed by atoms with van der Waals surface area (Å²) in [6, 6.07) is 7.06. The predicted molar refractivity (Wildman–Crippen MR) is 82.0 cm³/mol. The lowest BCUT2D eigenvalue weighted by Crippen LogP contribution is -2.29. The van der Waals surface area contributed by atoms with E-state index in [1.807, 2.05) is 19.1 Å². The maximum absolute atomic E-state index is 12.4. The van der Waals surface area contributed by atoms with Gasteiger partial charge in [-0.1, -0.05) is 30.2 Å². The topological polar surface area (TPSA) is 84.6 Å². The monoisotopic (exact) mass is 306 g/mol. The molecule has 1 aromatic carbocycles. The highest BCUT2D eigenvalue weighted by molar-refractivity contribution is 8.23. The van der Waals surface area contributed by atoms with E-state index in [4.69, 9.17) is 5.26 Å². The number of amides is 1. The molecule has 1 aromatic rings. The van der Waals surface area contributed by atoms with Crippen LogP contribution in [0, 0.1) is 11.3 Å². The lowest BCUT2D eigenvalue weighted by Gasteiger charge is -2.37. The number of allylic oxidation sites excluding steroid dienone is 1. The van der Waals surface area contributed by atoms with Crippen molar-refractivity contribution < 1.29 is 13.9 Å². The molecule has 1 heterocycles. The van der Waals surface area contributed by atoms with Crippen molar-refractivity contribution in [2.24, 2.45) is 0 Å². The number of benzene rings is 1. The Morgan fingerprint density at radius 2 is 2.19 bits per heavy atom. The van der Waals surface area contributed by atoms with Crippen molar-refractivity contribution in [1.82, 2.24) is 4.31 Å². The molecule has 1 aliphatic rings. The molecule has 0 atom stereocenters. The van der Waals surface area contributed by atoms with Gasteiger partial charge in [-0.2, -0.15) is 5.26 Å². The highest BCUT2D eigenvalue weighted by Gasteiger charge is 2.41. The van der Waals surface area contributed by atoms with Crippen LogP contribution in [-0.2, 0) is 6.42 Å². The van der Waals surface area contributed by atoms with Gasteiger partial charge in [-0.15, -0.1) is 0 Å². The Morgan fingerprint density at radius 1 is 1.48 bits per heavy atom. The van der Waals surface area contributed by atoms with Gasteiger partial charge >= 0.3 is 0 Å². The molecule has 6 heteroatoms. The molecule has 112 valence electrons. The van der Waals surface area contributed by atoms with E-state index in [1.165, 1.54) is 6.08 Å². The van der Waals surface area contributed by atoms with Crippen molar-refractivity contribution in [3.63, 3.8) is 0 Å². The molecule has 0 spiro atoms. The quantitative estimate of drug-likeness (QED) is 0.832. The summed E-state index contributed by atoms with van der Waals surface area (Å²) in [5.41, 5.74) is 1.96. The van der Waals surface area contributed by atoms with Crippen LogP contribution in [0.2, 0.25) is 0 Å². The van der Waals surface area contributed by atoms with Gasteiger partial charge in [0.1, 0.15) is 0 Å². The van der Waals surface area contributed by atoms with E-state index in [-0.39, 0.29) is 11.4 Å². The fourth-order valence-electron chi connectivity index (χ4n) is 2.34. The lowest BCUT2D eigenvalue weighted by molar-refractivity contribution is 0.0870. The van der Waals surface area contributed by atoms with Gasteiger partial charge in [0.25, 0.3) is 5.91 Å². The second-order valence-electron chi connectivity index (χ2n) is 5.06. The van der Waals surface area contributed by atoms with E-state index in [1.54, 1.807) is 19.1 Å². The van der Waals surface area contributed by atoms with Gasteiger partial charge in [-0.25, -0.2) is 4.31 Å². The molecule has 0 saturated carbocycles. The average Bonchev–Trinajstić information content (AvgIpc) is 2.61. The van der Waals surface area contributed by atoms with Gasteiger partial charge < -0.3 is 0 Å². The van der Waals surface area contributed by atoms with Gasteiger partial charge in [0.2, 0.25) is 0 Å². The zero-order chi connectivity index (χ0) is 15.6. The molecular weight excluding hydrogens is 288 g/mol. The Kier molecular flexibility index (Phi) is 4.37. The average molecular weight is 306 g/mol. The van der Waals surface area contributed by atoms with Crippen LogP contribution >= 0.6 is 10.8 Å². The fraction of sp³-hybridized carbons (Fsp3) is 0.333. The minimum Gasteiger partial charge on any atom is -0.277 e. The fourth-order valence-corrected chi connectivity index (χ4v) is 3.98. The van der Waals surface area contributed by atoms with Crippen LogP contribution in [0.4, 0.5) is 0 Å². The van der Waals surface area contributed by atoms with Crippen LogP contribution < -0.4 is 0 Å². The summed E-state index contributed by atoms with van der Waals surface area (Å²) in [6.07, 6.45) is 3.10. The summed E-state index contributed by atoms with van der Waals surface area (Å²) >= 11 is 0. The summed E-state index contributed by atoms with van der Waals surface area (Å²) < 4.78 is 21.7. The highest BCUT2D eigenvalue weighted by atomic mass is 32.3.